The highest BCUT2D eigenvalue weighted by atomic mass is 16.5. The topological polar surface area (TPSA) is 106 Å². The van der Waals surface area contributed by atoms with Crippen LogP contribution in [0.5, 0.6) is 11.5 Å². The van der Waals surface area contributed by atoms with Crippen molar-refractivity contribution in [2.24, 2.45) is 4.99 Å². The molecule has 0 saturated heterocycles. The first kappa shape index (κ1) is 22.9. The van der Waals surface area contributed by atoms with Crippen LogP contribution in [0.4, 0.5) is 0 Å². The average molecular weight is 431 g/mol. The summed E-state index contributed by atoms with van der Waals surface area (Å²) in [5.74, 6) is 4.19. The molecular formula is C22H34N6O3. The second kappa shape index (κ2) is 10.5. The van der Waals surface area contributed by atoms with Crippen LogP contribution < -0.4 is 20.1 Å². The third kappa shape index (κ3) is 5.66. The highest BCUT2D eigenvalue weighted by Crippen LogP contribution is 2.29. The van der Waals surface area contributed by atoms with Crippen LogP contribution in [0.3, 0.4) is 0 Å². The Morgan fingerprint density at radius 2 is 2.13 bits per heavy atom. The number of aliphatic hydroxyl groups is 1. The van der Waals surface area contributed by atoms with E-state index in [1.807, 2.05) is 11.6 Å². The summed E-state index contributed by atoms with van der Waals surface area (Å²) >= 11 is 0. The number of hydrogen-bond acceptors (Lipinski definition) is 6. The van der Waals surface area contributed by atoms with Crippen LogP contribution in [0.25, 0.3) is 0 Å². The molecule has 170 valence electrons. The average Bonchev–Trinajstić information content (AvgIpc) is 3.20. The molecular weight excluding hydrogens is 396 g/mol. The Hall–Kier alpha value is -2.81. The number of aromatic nitrogens is 3. The quantitative estimate of drug-likeness (QED) is 0.435. The fourth-order valence-electron chi connectivity index (χ4n) is 3.58. The van der Waals surface area contributed by atoms with E-state index in [-0.39, 0.29) is 12.6 Å². The molecule has 9 heteroatoms. The van der Waals surface area contributed by atoms with Gasteiger partial charge in [0.2, 0.25) is 0 Å². The molecule has 3 N–H and O–H groups in total. The van der Waals surface area contributed by atoms with E-state index in [0.29, 0.717) is 28.9 Å². The number of rotatable bonds is 8. The SMILES string of the molecule is CCNC(=NCC(O)c1cc(OC)ccc1OC)NC1CCc2nc(C(C)C)nn2C1. The molecule has 1 aromatic heterocycles. The number of nitrogens with zero attached hydrogens (tertiary/aromatic N) is 4. The zero-order valence-electron chi connectivity index (χ0n) is 19.1. The molecule has 2 unspecified atom stereocenters. The molecule has 9 nitrogen and oxygen atoms in total. The normalized spacial score (nSPS) is 17.3. The monoisotopic (exact) mass is 430 g/mol. The molecule has 2 atom stereocenters. The molecule has 1 aliphatic heterocycles. The van der Waals surface area contributed by atoms with Crippen LogP contribution in [-0.2, 0) is 13.0 Å². The molecule has 0 spiro atoms. The minimum atomic E-state index is -0.817. The Labute approximate surface area is 183 Å². The zero-order valence-corrected chi connectivity index (χ0v) is 19.1. The summed E-state index contributed by atoms with van der Waals surface area (Å²) in [7, 11) is 3.18. The Morgan fingerprint density at radius 3 is 2.81 bits per heavy atom. The van der Waals surface area contributed by atoms with E-state index >= 15 is 0 Å². The Bertz CT molecular complexity index is 895. The summed E-state index contributed by atoms with van der Waals surface area (Å²) in [4.78, 5) is 9.25. The predicted octanol–water partition coefficient (Wildman–Crippen LogP) is 2.02. The standard InChI is InChI=1S/C22H34N6O3/c1-6-23-22(24-12-18(29)17-11-16(30-4)8-9-19(17)31-5)25-15-7-10-20-26-21(14(2)3)27-28(20)13-15/h8-9,11,14-15,18,29H,6-7,10,12-13H2,1-5H3,(H2,23,24,25). The lowest BCUT2D eigenvalue weighted by Crippen LogP contribution is -2.47. The molecule has 0 amide bonds. The van der Waals surface area contributed by atoms with Gasteiger partial charge in [-0.25, -0.2) is 9.67 Å². The van der Waals surface area contributed by atoms with Crippen molar-refractivity contribution in [1.82, 2.24) is 25.4 Å². The number of guanidine groups is 1. The summed E-state index contributed by atoms with van der Waals surface area (Å²) in [5.41, 5.74) is 0.646. The van der Waals surface area contributed by atoms with Crippen molar-refractivity contribution in [3.8, 4) is 11.5 Å². The predicted molar refractivity (Wildman–Crippen MR) is 120 cm³/mol. The molecule has 0 fully saturated rings. The van der Waals surface area contributed by atoms with Gasteiger partial charge in [-0.3, -0.25) is 4.99 Å². The van der Waals surface area contributed by atoms with E-state index in [2.05, 4.69) is 39.6 Å². The van der Waals surface area contributed by atoms with Gasteiger partial charge in [0, 0.05) is 30.5 Å². The van der Waals surface area contributed by atoms with Crippen LogP contribution in [0.2, 0.25) is 0 Å². The second-order valence-corrected chi connectivity index (χ2v) is 7.95. The maximum atomic E-state index is 10.7. The Morgan fingerprint density at radius 1 is 1.32 bits per heavy atom. The molecule has 0 bridgehead atoms. The number of nitrogens with one attached hydrogen (secondary N) is 2. The molecule has 0 radical (unpaired) electrons. The van der Waals surface area contributed by atoms with Gasteiger partial charge in [-0.2, -0.15) is 5.10 Å². The highest BCUT2D eigenvalue weighted by Gasteiger charge is 2.23. The van der Waals surface area contributed by atoms with E-state index in [4.69, 9.17) is 9.47 Å². The molecule has 0 saturated carbocycles. The minimum absolute atomic E-state index is 0.190. The molecule has 31 heavy (non-hydrogen) atoms. The van der Waals surface area contributed by atoms with Gasteiger partial charge in [0.15, 0.2) is 11.8 Å². The van der Waals surface area contributed by atoms with Crippen LogP contribution in [0, 0.1) is 0 Å². The van der Waals surface area contributed by atoms with Gasteiger partial charge in [-0.15, -0.1) is 0 Å². The lowest BCUT2D eigenvalue weighted by molar-refractivity contribution is 0.182. The van der Waals surface area contributed by atoms with Crippen molar-refractivity contribution in [3.05, 3.63) is 35.4 Å². The fraction of sp³-hybridized carbons (Fsp3) is 0.591. The molecule has 2 heterocycles. The molecule has 3 rings (SSSR count). The Balaban J connectivity index is 1.68. The number of ether oxygens (including phenoxy) is 2. The smallest absolute Gasteiger partial charge is 0.191 e. The van der Waals surface area contributed by atoms with Gasteiger partial charge >= 0.3 is 0 Å². The maximum Gasteiger partial charge on any atom is 0.191 e. The van der Waals surface area contributed by atoms with Gasteiger partial charge in [-0.1, -0.05) is 13.8 Å². The lowest BCUT2D eigenvalue weighted by Gasteiger charge is -2.25. The summed E-state index contributed by atoms with van der Waals surface area (Å²) in [5, 5.41) is 22.1. The third-order valence-corrected chi connectivity index (χ3v) is 5.29. The van der Waals surface area contributed by atoms with Crippen molar-refractivity contribution in [2.75, 3.05) is 27.3 Å². The Kier molecular flexibility index (Phi) is 7.73. The first-order valence-electron chi connectivity index (χ1n) is 10.8. The van der Waals surface area contributed by atoms with Crippen LogP contribution in [-0.4, -0.2) is 59.2 Å². The summed E-state index contributed by atoms with van der Waals surface area (Å²) < 4.78 is 12.7. The van der Waals surface area contributed by atoms with Crippen LogP contribution in [0.1, 0.15) is 56.4 Å². The van der Waals surface area contributed by atoms with Crippen molar-refractivity contribution in [3.63, 3.8) is 0 Å². The van der Waals surface area contributed by atoms with Crippen molar-refractivity contribution in [2.45, 2.75) is 58.2 Å². The van der Waals surface area contributed by atoms with Crippen LogP contribution in [0.15, 0.2) is 23.2 Å². The maximum absolute atomic E-state index is 10.7. The molecule has 0 aliphatic carbocycles. The third-order valence-electron chi connectivity index (χ3n) is 5.29. The number of aliphatic imine (C=N–C) groups is 1. The van der Waals surface area contributed by atoms with E-state index < -0.39 is 6.10 Å². The zero-order chi connectivity index (χ0) is 22.4. The minimum Gasteiger partial charge on any atom is -0.497 e. The van der Waals surface area contributed by atoms with Gasteiger partial charge in [0.05, 0.1) is 27.3 Å². The van der Waals surface area contributed by atoms with E-state index in [9.17, 15) is 5.11 Å². The fourth-order valence-corrected chi connectivity index (χ4v) is 3.58. The summed E-state index contributed by atoms with van der Waals surface area (Å²) in [6, 6.07) is 5.55. The molecule has 1 aliphatic rings. The summed E-state index contributed by atoms with van der Waals surface area (Å²) in [6.07, 6.45) is 1.01. The highest BCUT2D eigenvalue weighted by molar-refractivity contribution is 5.80. The van der Waals surface area contributed by atoms with Crippen LogP contribution >= 0.6 is 0 Å². The van der Waals surface area contributed by atoms with Gasteiger partial charge in [0.25, 0.3) is 0 Å². The van der Waals surface area contributed by atoms with Gasteiger partial charge < -0.3 is 25.2 Å². The number of aryl methyl sites for hydroxylation is 1. The number of hydrogen-bond donors (Lipinski definition) is 3. The number of benzene rings is 1. The van der Waals surface area contributed by atoms with E-state index in [1.165, 1.54) is 0 Å². The first-order valence-corrected chi connectivity index (χ1v) is 10.8. The van der Waals surface area contributed by atoms with Gasteiger partial charge in [-0.05, 0) is 31.5 Å². The van der Waals surface area contributed by atoms with E-state index in [0.717, 1.165) is 37.6 Å². The van der Waals surface area contributed by atoms with Crippen molar-refractivity contribution < 1.29 is 14.6 Å². The lowest BCUT2D eigenvalue weighted by atomic mass is 10.1. The van der Waals surface area contributed by atoms with E-state index in [1.54, 1.807) is 32.4 Å². The van der Waals surface area contributed by atoms with Crippen molar-refractivity contribution in [1.29, 1.82) is 0 Å². The number of fused-ring (bicyclic) bond motifs is 1. The second-order valence-electron chi connectivity index (χ2n) is 7.95. The van der Waals surface area contributed by atoms with Gasteiger partial charge in [0.1, 0.15) is 23.4 Å². The summed E-state index contributed by atoms with van der Waals surface area (Å²) in [6.45, 7) is 7.89. The molecule has 1 aromatic carbocycles. The first-order chi connectivity index (χ1) is 14.9. The molecule has 2 aromatic rings. The number of methoxy groups -OCH3 is 2. The number of aliphatic hydroxyl groups excluding tert-OH is 1. The largest absolute Gasteiger partial charge is 0.497 e. The van der Waals surface area contributed by atoms with Crippen molar-refractivity contribution >= 4 is 5.96 Å².